The number of anilines is 1. The van der Waals surface area contributed by atoms with Gasteiger partial charge >= 0.3 is 0 Å². The van der Waals surface area contributed by atoms with Gasteiger partial charge in [0.2, 0.25) is 5.91 Å². The molecule has 1 aromatic rings. The van der Waals surface area contributed by atoms with Gasteiger partial charge in [-0.15, -0.1) is 0 Å². The highest BCUT2D eigenvalue weighted by Gasteiger charge is 2.34. The van der Waals surface area contributed by atoms with Crippen molar-refractivity contribution in [3.05, 3.63) is 29.0 Å². The lowest BCUT2D eigenvalue weighted by molar-refractivity contribution is -0.119. The van der Waals surface area contributed by atoms with E-state index in [4.69, 9.17) is 11.6 Å². The fraction of sp³-hybridized carbons (Fsp3) is 0.562. The minimum Gasteiger partial charge on any atom is -0.325 e. The first-order valence-corrected chi connectivity index (χ1v) is 8.02. The maximum atomic E-state index is 13.3. The lowest BCUT2D eigenvalue weighted by atomic mass is 9.77. The molecule has 0 aromatic heterocycles. The van der Waals surface area contributed by atoms with Crippen LogP contribution in [-0.2, 0) is 4.79 Å². The summed E-state index contributed by atoms with van der Waals surface area (Å²) in [5.41, 5.74) is 0.414. The van der Waals surface area contributed by atoms with Gasteiger partial charge in [-0.1, -0.05) is 24.4 Å². The molecule has 0 radical (unpaired) electrons. The smallest absolute Gasteiger partial charge is 0.241 e. The number of halogens is 2. The maximum absolute atomic E-state index is 13.3. The Balaban J connectivity index is 1.62. The van der Waals surface area contributed by atoms with Gasteiger partial charge in [0.15, 0.2) is 0 Å². The maximum Gasteiger partial charge on any atom is 0.241 e. The Bertz CT molecular complexity index is 517. The molecule has 3 rings (SSSR count). The van der Waals surface area contributed by atoms with Gasteiger partial charge in [0.1, 0.15) is 5.82 Å². The predicted molar refractivity (Wildman–Crippen MR) is 81.9 cm³/mol. The first kappa shape index (κ1) is 14.8. The number of piperidine rings is 1. The summed E-state index contributed by atoms with van der Waals surface area (Å²) in [5, 5.41) is 6.52. The van der Waals surface area contributed by atoms with Crippen LogP contribution in [0.5, 0.6) is 0 Å². The van der Waals surface area contributed by atoms with Crippen LogP contribution in [0.2, 0.25) is 5.02 Å². The zero-order chi connectivity index (χ0) is 14.8. The number of rotatable bonds is 2. The zero-order valence-electron chi connectivity index (χ0n) is 11.9. The average Bonchev–Trinajstić information content (AvgIpc) is 2.45. The van der Waals surface area contributed by atoms with Crippen LogP contribution in [0, 0.1) is 11.7 Å². The number of amides is 1. The van der Waals surface area contributed by atoms with Crippen LogP contribution in [0.3, 0.4) is 0 Å². The summed E-state index contributed by atoms with van der Waals surface area (Å²) < 4.78 is 13.3. The van der Waals surface area contributed by atoms with Crippen molar-refractivity contribution in [2.24, 2.45) is 5.92 Å². The van der Waals surface area contributed by atoms with E-state index in [1.807, 2.05) is 0 Å². The van der Waals surface area contributed by atoms with Crippen molar-refractivity contribution in [2.45, 2.75) is 50.6 Å². The molecule has 1 heterocycles. The first-order chi connectivity index (χ1) is 10.1. The highest BCUT2D eigenvalue weighted by atomic mass is 35.5. The molecule has 2 fully saturated rings. The monoisotopic (exact) mass is 310 g/mol. The molecule has 5 heteroatoms. The average molecular weight is 311 g/mol. The molecule has 2 aliphatic rings. The molecule has 1 aromatic carbocycles. The second kappa shape index (κ2) is 6.32. The standard InChI is InChI=1S/C16H20ClFN2O/c17-11-7-12(18)9-13(8-11)19-16(21)15-6-5-10-3-1-2-4-14(10)20-15/h7-10,14-15,20H,1-6H2,(H,19,21). The van der Waals surface area contributed by atoms with Gasteiger partial charge in [-0.3, -0.25) is 4.79 Å². The molecule has 2 N–H and O–H groups in total. The van der Waals surface area contributed by atoms with Crippen LogP contribution >= 0.6 is 11.6 Å². The predicted octanol–water partition coefficient (Wildman–Crippen LogP) is 3.73. The summed E-state index contributed by atoms with van der Waals surface area (Å²) in [4.78, 5) is 12.3. The Morgan fingerprint density at radius 3 is 2.81 bits per heavy atom. The van der Waals surface area contributed by atoms with E-state index >= 15 is 0 Å². The highest BCUT2D eigenvalue weighted by Crippen LogP contribution is 2.32. The van der Waals surface area contributed by atoms with Gasteiger partial charge < -0.3 is 10.6 Å². The van der Waals surface area contributed by atoms with Crippen molar-refractivity contribution in [1.82, 2.24) is 5.32 Å². The van der Waals surface area contributed by atoms with Crippen LogP contribution in [0.4, 0.5) is 10.1 Å². The number of carbonyl (C=O) groups is 1. The number of carbonyl (C=O) groups excluding carboxylic acids is 1. The fourth-order valence-corrected chi connectivity index (χ4v) is 3.78. The lowest BCUT2D eigenvalue weighted by Gasteiger charge is -2.39. The Morgan fingerprint density at radius 2 is 2.00 bits per heavy atom. The molecule has 1 amide bonds. The second-order valence-electron chi connectivity index (χ2n) is 6.10. The summed E-state index contributed by atoms with van der Waals surface area (Å²) in [5.74, 6) is 0.175. The van der Waals surface area contributed by atoms with E-state index in [2.05, 4.69) is 10.6 Å². The number of hydrogen-bond donors (Lipinski definition) is 2. The molecule has 1 aliphatic heterocycles. The third kappa shape index (κ3) is 3.55. The molecule has 1 saturated carbocycles. The Labute approximate surface area is 129 Å². The topological polar surface area (TPSA) is 41.1 Å². The van der Waals surface area contributed by atoms with Gasteiger partial charge in [-0.25, -0.2) is 4.39 Å². The van der Waals surface area contributed by atoms with Crippen molar-refractivity contribution in [3.63, 3.8) is 0 Å². The molecular formula is C16H20ClFN2O. The summed E-state index contributed by atoms with van der Waals surface area (Å²) in [7, 11) is 0. The van der Waals surface area contributed by atoms with E-state index in [1.54, 1.807) is 6.07 Å². The molecule has 3 nitrogen and oxygen atoms in total. The van der Waals surface area contributed by atoms with Crippen LogP contribution < -0.4 is 10.6 Å². The molecule has 3 unspecified atom stereocenters. The molecule has 1 saturated heterocycles. The van der Waals surface area contributed by atoms with Crippen LogP contribution in [0.15, 0.2) is 18.2 Å². The van der Waals surface area contributed by atoms with E-state index in [1.165, 1.54) is 31.4 Å². The van der Waals surface area contributed by atoms with Crippen molar-refractivity contribution >= 4 is 23.2 Å². The largest absolute Gasteiger partial charge is 0.325 e. The number of hydrogen-bond acceptors (Lipinski definition) is 2. The van der Waals surface area contributed by atoms with E-state index in [0.717, 1.165) is 19.3 Å². The van der Waals surface area contributed by atoms with Gasteiger partial charge in [0, 0.05) is 16.8 Å². The van der Waals surface area contributed by atoms with Crippen molar-refractivity contribution in [1.29, 1.82) is 0 Å². The van der Waals surface area contributed by atoms with Crippen LogP contribution in [0.25, 0.3) is 0 Å². The fourth-order valence-electron chi connectivity index (χ4n) is 3.56. The SMILES string of the molecule is O=C(Nc1cc(F)cc(Cl)c1)C1CCC2CCCCC2N1. The van der Waals surface area contributed by atoms with Gasteiger partial charge in [0.05, 0.1) is 6.04 Å². The summed E-state index contributed by atoms with van der Waals surface area (Å²) in [6.45, 7) is 0. The quantitative estimate of drug-likeness (QED) is 0.874. The minimum atomic E-state index is -0.443. The van der Waals surface area contributed by atoms with Crippen LogP contribution in [-0.4, -0.2) is 18.0 Å². The second-order valence-corrected chi connectivity index (χ2v) is 6.53. The number of nitrogens with one attached hydrogen (secondary N) is 2. The van der Waals surface area contributed by atoms with Crippen molar-refractivity contribution < 1.29 is 9.18 Å². The Morgan fingerprint density at radius 1 is 1.19 bits per heavy atom. The normalized spacial score (nSPS) is 28.8. The third-order valence-corrected chi connectivity index (χ3v) is 4.82. The molecule has 1 aliphatic carbocycles. The van der Waals surface area contributed by atoms with Gasteiger partial charge in [-0.2, -0.15) is 0 Å². The summed E-state index contributed by atoms with van der Waals surface area (Å²) in [6.07, 6.45) is 6.91. The van der Waals surface area contributed by atoms with E-state index < -0.39 is 5.82 Å². The van der Waals surface area contributed by atoms with Crippen LogP contribution in [0.1, 0.15) is 38.5 Å². The summed E-state index contributed by atoms with van der Waals surface area (Å²) in [6, 6.07) is 4.35. The minimum absolute atomic E-state index is 0.0966. The zero-order valence-corrected chi connectivity index (χ0v) is 12.6. The Hall–Kier alpha value is -1.13. The first-order valence-electron chi connectivity index (χ1n) is 7.65. The van der Waals surface area contributed by atoms with E-state index in [9.17, 15) is 9.18 Å². The molecule has 3 atom stereocenters. The third-order valence-electron chi connectivity index (χ3n) is 4.60. The van der Waals surface area contributed by atoms with E-state index in [-0.39, 0.29) is 17.0 Å². The van der Waals surface area contributed by atoms with Crippen molar-refractivity contribution in [3.8, 4) is 0 Å². The molecular weight excluding hydrogens is 291 g/mol. The number of benzene rings is 1. The Kier molecular flexibility index (Phi) is 4.45. The number of fused-ring (bicyclic) bond motifs is 1. The highest BCUT2D eigenvalue weighted by molar-refractivity contribution is 6.30. The van der Waals surface area contributed by atoms with E-state index in [0.29, 0.717) is 17.6 Å². The van der Waals surface area contributed by atoms with Gasteiger partial charge in [-0.05, 0) is 49.8 Å². The lowest BCUT2D eigenvalue weighted by Crippen LogP contribution is -2.53. The van der Waals surface area contributed by atoms with Gasteiger partial charge in [0.25, 0.3) is 0 Å². The van der Waals surface area contributed by atoms with Crippen molar-refractivity contribution in [2.75, 3.05) is 5.32 Å². The molecule has 21 heavy (non-hydrogen) atoms. The molecule has 0 spiro atoms. The molecule has 0 bridgehead atoms. The molecule has 114 valence electrons. The summed E-state index contributed by atoms with van der Waals surface area (Å²) >= 11 is 5.80.